The lowest BCUT2D eigenvalue weighted by Crippen LogP contribution is -1.96. The van der Waals surface area contributed by atoms with Crippen LogP contribution in [0.3, 0.4) is 0 Å². The molecular weight excluding hydrogens is 383 g/mol. The Hall–Kier alpha value is 0.170. The number of rotatable bonds is 2. The molecule has 90 valence electrons. The molecule has 0 aliphatic heterocycles. The molecule has 1 aromatic carbocycles. The summed E-state index contributed by atoms with van der Waals surface area (Å²) in [4.78, 5) is 1.26. The second-order valence-corrected chi connectivity index (χ2v) is 7.80. The van der Waals surface area contributed by atoms with Crippen molar-refractivity contribution in [1.82, 2.24) is 0 Å². The summed E-state index contributed by atoms with van der Waals surface area (Å²) >= 11 is 15.4. The zero-order chi connectivity index (χ0) is 12.6. The van der Waals surface area contributed by atoms with Gasteiger partial charge >= 0.3 is 0 Å². The second kappa shape index (κ2) is 5.43. The highest BCUT2D eigenvalue weighted by Gasteiger charge is 2.18. The molecule has 1 unspecified atom stereocenters. The quantitative estimate of drug-likeness (QED) is 0.531. The molecule has 2 rings (SSSR count). The summed E-state index contributed by atoms with van der Waals surface area (Å²) in [6.45, 7) is 4.19. The number of thiophene rings is 1. The summed E-state index contributed by atoms with van der Waals surface area (Å²) in [5, 5.41) is -0.0879. The third-order valence-electron chi connectivity index (χ3n) is 2.78. The normalized spacial score (nSPS) is 12.8. The molecule has 0 aliphatic carbocycles. The minimum absolute atomic E-state index is 0.0879. The predicted molar refractivity (Wildman–Crippen MR) is 83.3 cm³/mol. The Labute approximate surface area is 127 Å². The molecule has 0 nitrogen and oxygen atoms in total. The molecule has 17 heavy (non-hydrogen) atoms. The van der Waals surface area contributed by atoms with E-state index in [1.807, 2.05) is 12.1 Å². The number of halogens is 3. The van der Waals surface area contributed by atoms with Crippen LogP contribution in [0.15, 0.2) is 32.5 Å². The minimum Gasteiger partial charge on any atom is -0.133 e. The van der Waals surface area contributed by atoms with E-state index in [1.54, 1.807) is 11.3 Å². The van der Waals surface area contributed by atoms with Gasteiger partial charge < -0.3 is 0 Å². The van der Waals surface area contributed by atoms with Gasteiger partial charge in [0.25, 0.3) is 0 Å². The van der Waals surface area contributed by atoms with Crippen LogP contribution in [0, 0.1) is 13.8 Å². The van der Waals surface area contributed by atoms with E-state index in [4.69, 9.17) is 11.6 Å². The Kier molecular flexibility index (Phi) is 4.35. The van der Waals surface area contributed by atoms with Crippen LogP contribution in [-0.4, -0.2) is 0 Å². The van der Waals surface area contributed by atoms with E-state index in [-0.39, 0.29) is 5.38 Å². The molecule has 0 saturated heterocycles. The van der Waals surface area contributed by atoms with Gasteiger partial charge in [0.2, 0.25) is 0 Å². The molecule has 0 radical (unpaired) electrons. The molecule has 0 N–H and O–H groups in total. The Morgan fingerprint density at radius 1 is 1.18 bits per heavy atom. The highest BCUT2D eigenvalue weighted by atomic mass is 79.9. The van der Waals surface area contributed by atoms with Crippen molar-refractivity contribution in [2.75, 3.05) is 0 Å². The minimum atomic E-state index is -0.0879. The molecule has 1 atom stereocenters. The van der Waals surface area contributed by atoms with Crippen molar-refractivity contribution in [2.24, 2.45) is 0 Å². The van der Waals surface area contributed by atoms with Crippen LogP contribution in [0.4, 0.5) is 0 Å². The van der Waals surface area contributed by atoms with Gasteiger partial charge in [-0.2, -0.15) is 0 Å². The first-order valence-corrected chi connectivity index (χ1v) is 7.99. The van der Waals surface area contributed by atoms with Crippen LogP contribution >= 0.6 is 54.8 Å². The SMILES string of the molecule is Cc1sc(Br)cc1C(Cl)c1cccc(Br)c1C. The van der Waals surface area contributed by atoms with E-state index < -0.39 is 0 Å². The molecule has 0 bridgehead atoms. The molecule has 0 saturated carbocycles. The van der Waals surface area contributed by atoms with Crippen LogP contribution < -0.4 is 0 Å². The summed E-state index contributed by atoms with van der Waals surface area (Å²) in [5.41, 5.74) is 3.55. The molecule has 2 aromatic rings. The van der Waals surface area contributed by atoms with Crippen molar-refractivity contribution in [3.05, 3.63) is 54.1 Å². The van der Waals surface area contributed by atoms with Crippen LogP contribution in [0.1, 0.15) is 26.9 Å². The highest BCUT2D eigenvalue weighted by Crippen LogP contribution is 2.39. The lowest BCUT2D eigenvalue weighted by Gasteiger charge is -2.13. The van der Waals surface area contributed by atoms with Gasteiger partial charge in [-0.3, -0.25) is 0 Å². The third kappa shape index (κ3) is 2.78. The number of hydrogen-bond donors (Lipinski definition) is 0. The average Bonchev–Trinajstić information content (AvgIpc) is 2.61. The molecule has 0 aliphatic rings. The van der Waals surface area contributed by atoms with Crippen molar-refractivity contribution >= 4 is 54.8 Å². The van der Waals surface area contributed by atoms with Crippen molar-refractivity contribution < 1.29 is 0 Å². The highest BCUT2D eigenvalue weighted by molar-refractivity contribution is 9.11. The fraction of sp³-hybridized carbons (Fsp3) is 0.231. The van der Waals surface area contributed by atoms with Crippen molar-refractivity contribution in [1.29, 1.82) is 0 Å². The number of aryl methyl sites for hydroxylation is 1. The van der Waals surface area contributed by atoms with Crippen LogP contribution in [0.2, 0.25) is 0 Å². The molecular formula is C13H11Br2ClS. The monoisotopic (exact) mass is 392 g/mol. The maximum Gasteiger partial charge on any atom is 0.0849 e. The van der Waals surface area contributed by atoms with Crippen LogP contribution in [0.5, 0.6) is 0 Å². The van der Waals surface area contributed by atoms with Gasteiger partial charge in [-0.05, 0) is 58.6 Å². The Bertz CT molecular complexity index is 548. The summed E-state index contributed by atoms with van der Waals surface area (Å²) in [5.74, 6) is 0. The maximum atomic E-state index is 6.59. The van der Waals surface area contributed by atoms with E-state index in [0.29, 0.717) is 0 Å². The first-order chi connectivity index (χ1) is 8.00. The first-order valence-electron chi connectivity index (χ1n) is 5.15. The predicted octanol–water partition coefficient (Wildman–Crippen LogP) is 6.22. The number of benzene rings is 1. The second-order valence-electron chi connectivity index (χ2n) is 3.88. The summed E-state index contributed by atoms with van der Waals surface area (Å²) in [7, 11) is 0. The summed E-state index contributed by atoms with van der Waals surface area (Å²) in [6.07, 6.45) is 0. The van der Waals surface area contributed by atoms with E-state index in [1.165, 1.54) is 16.0 Å². The van der Waals surface area contributed by atoms with Gasteiger partial charge in [-0.15, -0.1) is 22.9 Å². The zero-order valence-electron chi connectivity index (χ0n) is 9.43. The Balaban J connectivity index is 2.47. The molecule has 1 aromatic heterocycles. The van der Waals surface area contributed by atoms with Gasteiger partial charge in [-0.25, -0.2) is 0 Å². The molecule has 1 heterocycles. The smallest absolute Gasteiger partial charge is 0.0849 e. The Morgan fingerprint density at radius 3 is 2.47 bits per heavy atom. The fourth-order valence-corrected chi connectivity index (χ4v) is 4.43. The van der Waals surface area contributed by atoms with Crippen molar-refractivity contribution in [3.63, 3.8) is 0 Å². The van der Waals surface area contributed by atoms with Gasteiger partial charge in [0.1, 0.15) is 0 Å². The standard InChI is InChI=1S/C13H11Br2ClS/c1-7-9(4-3-5-11(7)14)13(16)10-6-12(15)17-8(10)2/h3-6,13H,1-2H3. The third-order valence-corrected chi connectivity index (χ3v) is 5.68. The van der Waals surface area contributed by atoms with Gasteiger partial charge in [0.05, 0.1) is 9.16 Å². The van der Waals surface area contributed by atoms with E-state index in [9.17, 15) is 0 Å². The molecule has 0 spiro atoms. The van der Waals surface area contributed by atoms with Crippen LogP contribution in [0.25, 0.3) is 0 Å². The number of hydrogen-bond acceptors (Lipinski definition) is 1. The van der Waals surface area contributed by atoms with Gasteiger partial charge in [-0.1, -0.05) is 28.1 Å². The van der Waals surface area contributed by atoms with E-state index >= 15 is 0 Å². The van der Waals surface area contributed by atoms with E-state index in [0.717, 1.165) is 13.8 Å². The van der Waals surface area contributed by atoms with E-state index in [2.05, 4.69) is 57.8 Å². The van der Waals surface area contributed by atoms with Gasteiger partial charge in [0.15, 0.2) is 0 Å². The first kappa shape index (κ1) is 13.6. The molecule has 4 heteroatoms. The van der Waals surface area contributed by atoms with Crippen molar-refractivity contribution in [3.8, 4) is 0 Å². The van der Waals surface area contributed by atoms with Gasteiger partial charge in [0, 0.05) is 9.35 Å². The fourth-order valence-electron chi connectivity index (χ4n) is 1.78. The lowest BCUT2D eigenvalue weighted by atomic mass is 10.0. The van der Waals surface area contributed by atoms with Crippen molar-refractivity contribution in [2.45, 2.75) is 19.2 Å². The topological polar surface area (TPSA) is 0 Å². The zero-order valence-corrected chi connectivity index (χ0v) is 14.2. The summed E-state index contributed by atoms with van der Waals surface area (Å²) < 4.78 is 2.23. The maximum absolute atomic E-state index is 6.59. The Morgan fingerprint density at radius 2 is 1.88 bits per heavy atom. The van der Waals surface area contributed by atoms with Crippen LogP contribution in [-0.2, 0) is 0 Å². The lowest BCUT2D eigenvalue weighted by molar-refractivity contribution is 1.10. The summed E-state index contributed by atoms with van der Waals surface area (Å²) in [6, 6.07) is 8.26. The molecule has 0 fully saturated rings. The number of alkyl halides is 1. The largest absolute Gasteiger partial charge is 0.133 e. The average molecular weight is 395 g/mol. The molecule has 0 amide bonds.